The van der Waals surface area contributed by atoms with Gasteiger partial charge in [-0.3, -0.25) is 0 Å². The van der Waals surface area contributed by atoms with E-state index in [4.69, 9.17) is 4.74 Å². The van der Waals surface area contributed by atoms with E-state index in [2.05, 4.69) is 24.1 Å². The SMILES string of the molecule is COC(=O)c1cc(CNCC2CCC2)c2c(n1)C(C)(C)CC2. The summed E-state index contributed by atoms with van der Waals surface area (Å²) in [6.07, 6.45) is 6.22. The maximum absolute atomic E-state index is 11.9. The molecule has 1 N–H and O–H groups in total. The van der Waals surface area contributed by atoms with Gasteiger partial charge in [-0.1, -0.05) is 20.3 Å². The van der Waals surface area contributed by atoms with Gasteiger partial charge in [-0.15, -0.1) is 0 Å². The molecule has 0 radical (unpaired) electrons. The van der Waals surface area contributed by atoms with Crippen molar-refractivity contribution >= 4 is 5.97 Å². The number of fused-ring (bicyclic) bond motifs is 1. The van der Waals surface area contributed by atoms with Crippen LogP contribution in [0.3, 0.4) is 0 Å². The Labute approximate surface area is 132 Å². The zero-order chi connectivity index (χ0) is 15.7. The molecule has 0 aliphatic heterocycles. The normalized spacial score (nSPS) is 19.6. The Hall–Kier alpha value is -1.42. The molecule has 2 aliphatic carbocycles. The number of hydrogen-bond donors (Lipinski definition) is 1. The summed E-state index contributed by atoms with van der Waals surface area (Å²) in [7, 11) is 1.41. The van der Waals surface area contributed by atoms with Gasteiger partial charge in [0.2, 0.25) is 0 Å². The smallest absolute Gasteiger partial charge is 0.356 e. The molecule has 3 rings (SSSR count). The van der Waals surface area contributed by atoms with Gasteiger partial charge in [0.25, 0.3) is 0 Å². The van der Waals surface area contributed by atoms with Gasteiger partial charge >= 0.3 is 5.97 Å². The highest BCUT2D eigenvalue weighted by molar-refractivity contribution is 5.87. The fraction of sp³-hybridized carbons (Fsp3) is 0.667. The van der Waals surface area contributed by atoms with Crippen LogP contribution in [0.5, 0.6) is 0 Å². The van der Waals surface area contributed by atoms with E-state index < -0.39 is 0 Å². The molecule has 0 unspecified atom stereocenters. The number of esters is 1. The first kappa shape index (κ1) is 15.5. The van der Waals surface area contributed by atoms with Gasteiger partial charge in [-0.05, 0) is 55.3 Å². The first-order valence-corrected chi connectivity index (χ1v) is 8.33. The van der Waals surface area contributed by atoms with Gasteiger partial charge < -0.3 is 10.1 Å². The van der Waals surface area contributed by atoms with E-state index in [1.165, 1.54) is 37.5 Å². The average molecular weight is 302 g/mol. The van der Waals surface area contributed by atoms with Gasteiger partial charge in [0.15, 0.2) is 0 Å². The lowest BCUT2D eigenvalue weighted by atomic mass is 9.85. The summed E-state index contributed by atoms with van der Waals surface area (Å²) in [5.74, 6) is 0.497. The minimum atomic E-state index is -0.342. The first-order valence-electron chi connectivity index (χ1n) is 8.33. The topological polar surface area (TPSA) is 51.2 Å². The van der Waals surface area contributed by atoms with Crippen LogP contribution in [0.4, 0.5) is 0 Å². The Kier molecular flexibility index (Phi) is 4.22. The minimum absolute atomic E-state index is 0.0437. The number of nitrogens with one attached hydrogen (secondary N) is 1. The highest BCUT2D eigenvalue weighted by atomic mass is 16.5. The van der Waals surface area contributed by atoms with Crippen LogP contribution >= 0.6 is 0 Å². The third kappa shape index (κ3) is 2.89. The number of carbonyl (C=O) groups excluding carboxylic acids is 1. The molecule has 0 aromatic carbocycles. The molecule has 0 spiro atoms. The fourth-order valence-electron chi connectivity index (χ4n) is 3.49. The van der Waals surface area contributed by atoms with Gasteiger partial charge in [0.05, 0.1) is 12.8 Å². The fourth-order valence-corrected chi connectivity index (χ4v) is 3.49. The number of rotatable bonds is 5. The van der Waals surface area contributed by atoms with Gasteiger partial charge in [-0.25, -0.2) is 9.78 Å². The third-order valence-electron chi connectivity index (χ3n) is 5.23. The van der Waals surface area contributed by atoms with Crippen molar-refractivity contribution in [2.45, 2.75) is 57.9 Å². The van der Waals surface area contributed by atoms with Crippen LogP contribution in [-0.4, -0.2) is 24.6 Å². The Balaban J connectivity index is 1.83. The summed E-state index contributed by atoms with van der Waals surface area (Å²) in [5.41, 5.74) is 4.11. The van der Waals surface area contributed by atoms with Crippen molar-refractivity contribution in [1.29, 1.82) is 0 Å². The molecule has 0 saturated heterocycles. The van der Waals surface area contributed by atoms with E-state index in [1.54, 1.807) is 0 Å². The molecule has 1 aromatic heterocycles. The lowest BCUT2D eigenvalue weighted by Gasteiger charge is -2.26. The molecule has 0 atom stereocenters. The van der Waals surface area contributed by atoms with Crippen LogP contribution in [0.2, 0.25) is 0 Å². The number of carbonyl (C=O) groups is 1. The van der Waals surface area contributed by atoms with E-state index in [9.17, 15) is 4.79 Å². The molecule has 1 heterocycles. The van der Waals surface area contributed by atoms with Crippen LogP contribution in [0, 0.1) is 5.92 Å². The van der Waals surface area contributed by atoms with E-state index in [1.807, 2.05) is 6.07 Å². The quantitative estimate of drug-likeness (QED) is 0.850. The average Bonchev–Trinajstić information content (AvgIpc) is 2.76. The molecule has 2 aliphatic rings. The number of ether oxygens (including phenoxy) is 1. The lowest BCUT2D eigenvalue weighted by Crippen LogP contribution is -2.27. The Morgan fingerprint density at radius 3 is 2.86 bits per heavy atom. The monoisotopic (exact) mass is 302 g/mol. The lowest BCUT2D eigenvalue weighted by molar-refractivity contribution is 0.0593. The second-order valence-electron chi connectivity index (χ2n) is 7.30. The number of methoxy groups -OCH3 is 1. The number of hydrogen-bond acceptors (Lipinski definition) is 4. The number of aromatic nitrogens is 1. The standard InChI is InChI=1S/C18H26N2O2/c1-18(2)8-7-14-13(11-19-10-12-5-4-6-12)9-15(17(21)22-3)20-16(14)18/h9,12,19H,4-8,10-11H2,1-3H3. The number of pyridine rings is 1. The van der Waals surface area contributed by atoms with E-state index in [-0.39, 0.29) is 11.4 Å². The predicted molar refractivity (Wildman–Crippen MR) is 86.0 cm³/mol. The highest BCUT2D eigenvalue weighted by Gasteiger charge is 2.34. The van der Waals surface area contributed by atoms with Crippen molar-refractivity contribution in [3.8, 4) is 0 Å². The molecule has 1 aromatic rings. The van der Waals surface area contributed by atoms with Crippen molar-refractivity contribution < 1.29 is 9.53 Å². The van der Waals surface area contributed by atoms with Crippen LogP contribution in [-0.2, 0) is 23.1 Å². The first-order chi connectivity index (χ1) is 10.5. The summed E-state index contributed by atoms with van der Waals surface area (Å²) >= 11 is 0. The largest absolute Gasteiger partial charge is 0.464 e. The molecular formula is C18H26N2O2. The van der Waals surface area contributed by atoms with Gasteiger partial charge in [0.1, 0.15) is 5.69 Å². The van der Waals surface area contributed by atoms with Gasteiger partial charge in [0, 0.05) is 12.0 Å². The van der Waals surface area contributed by atoms with E-state index in [0.717, 1.165) is 37.5 Å². The van der Waals surface area contributed by atoms with Gasteiger partial charge in [-0.2, -0.15) is 0 Å². The van der Waals surface area contributed by atoms with E-state index >= 15 is 0 Å². The maximum atomic E-state index is 11.9. The van der Waals surface area contributed by atoms with Crippen molar-refractivity contribution in [1.82, 2.24) is 10.3 Å². The Morgan fingerprint density at radius 1 is 1.45 bits per heavy atom. The van der Waals surface area contributed by atoms with Crippen LogP contribution in [0.25, 0.3) is 0 Å². The van der Waals surface area contributed by atoms with Crippen molar-refractivity contribution in [2.24, 2.45) is 5.92 Å². The zero-order valence-corrected chi connectivity index (χ0v) is 13.9. The van der Waals surface area contributed by atoms with Crippen LogP contribution < -0.4 is 5.32 Å². The second kappa shape index (κ2) is 5.99. The predicted octanol–water partition coefficient (Wildman–Crippen LogP) is 2.98. The molecule has 1 saturated carbocycles. The van der Waals surface area contributed by atoms with Crippen LogP contribution in [0.1, 0.15) is 66.8 Å². The summed E-state index contributed by atoms with van der Waals surface area (Å²) in [5, 5.41) is 3.56. The van der Waals surface area contributed by atoms with Crippen molar-refractivity contribution in [3.05, 3.63) is 28.6 Å². The molecule has 22 heavy (non-hydrogen) atoms. The molecule has 4 heteroatoms. The summed E-state index contributed by atoms with van der Waals surface area (Å²) in [6, 6.07) is 1.92. The minimum Gasteiger partial charge on any atom is -0.464 e. The van der Waals surface area contributed by atoms with E-state index in [0.29, 0.717) is 5.69 Å². The summed E-state index contributed by atoms with van der Waals surface area (Å²) in [4.78, 5) is 16.5. The highest BCUT2D eigenvalue weighted by Crippen LogP contribution is 2.39. The zero-order valence-electron chi connectivity index (χ0n) is 13.9. The molecule has 4 nitrogen and oxygen atoms in total. The van der Waals surface area contributed by atoms with Crippen molar-refractivity contribution in [2.75, 3.05) is 13.7 Å². The maximum Gasteiger partial charge on any atom is 0.356 e. The molecule has 120 valence electrons. The number of nitrogens with zero attached hydrogens (tertiary/aromatic N) is 1. The summed E-state index contributed by atoms with van der Waals surface area (Å²) < 4.78 is 4.87. The molecular weight excluding hydrogens is 276 g/mol. The Morgan fingerprint density at radius 2 is 2.23 bits per heavy atom. The second-order valence-corrected chi connectivity index (χ2v) is 7.30. The van der Waals surface area contributed by atoms with Crippen LogP contribution in [0.15, 0.2) is 6.07 Å². The third-order valence-corrected chi connectivity index (χ3v) is 5.23. The molecule has 0 amide bonds. The molecule has 1 fully saturated rings. The van der Waals surface area contributed by atoms with Crippen molar-refractivity contribution in [3.63, 3.8) is 0 Å². The Bertz CT molecular complexity index is 577. The molecule has 0 bridgehead atoms. The summed E-state index contributed by atoms with van der Waals surface area (Å²) in [6.45, 7) is 6.31.